The largest absolute Gasteiger partial charge is 0.480 e. The standard InChI is InChI=1S/C15H17N3O2/c19-15(20)14-3-1-9-17(14)11-12-4-6-13(7-5-12)18-10-2-8-16-18/h2,4-8,10,14H,1,3,9,11H2,(H,19,20). The number of hydrogen-bond acceptors (Lipinski definition) is 3. The molecule has 1 aliphatic rings. The first-order chi connectivity index (χ1) is 9.74. The number of aromatic nitrogens is 2. The quantitative estimate of drug-likeness (QED) is 0.923. The third-order valence-electron chi connectivity index (χ3n) is 3.74. The molecule has 104 valence electrons. The number of carboxylic acid groups (broad SMARTS) is 1. The van der Waals surface area contributed by atoms with Gasteiger partial charge in [0.25, 0.3) is 0 Å². The summed E-state index contributed by atoms with van der Waals surface area (Å²) in [5.74, 6) is -0.712. The van der Waals surface area contributed by atoms with Gasteiger partial charge in [-0.25, -0.2) is 4.68 Å². The van der Waals surface area contributed by atoms with Crippen molar-refractivity contribution in [3.63, 3.8) is 0 Å². The second-order valence-corrected chi connectivity index (χ2v) is 5.08. The molecule has 1 aromatic heterocycles. The maximum absolute atomic E-state index is 11.2. The van der Waals surface area contributed by atoms with Gasteiger partial charge in [0.1, 0.15) is 6.04 Å². The first-order valence-electron chi connectivity index (χ1n) is 6.80. The zero-order chi connectivity index (χ0) is 13.9. The molecule has 0 radical (unpaired) electrons. The van der Waals surface area contributed by atoms with Gasteiger partial charge in [-0.05, 0) is 43.1 Å². The fourth-order valence-electron chi connectivity index (χ4n) is 2.71. The monoisotopic (exact) mass is 271 g/mol. The lowest BCUT2D eigenvalue weighted by Crippen LogP contribution is -2.35. The maximum atomic E-state index is 11.2. The van der Waals surface area contributed by atoms with Gasteiger partial charge in [0, 0.05) is 18.9 Å². The molecule has 3 rings (SSSR count). The van der Waals surface area contributed by atoms with E-state index in [4.69, 9.17) is 0 Å². The topological polar surface area (TPSA) is 58.4 Å². The summed E-state index contributed by atoms with van der Waals surface area (Å²) in [7, 11) is 0. The van der Waals surface area contributed by atoms with Crippen LogP contribution in [0.25, 0.3) is 5.69 Å². The van der Waals surface area contributed by atoms with Crippen LogP contribution >= 0.6 is 0 Å². The van der Waals surface area contributed by atoms with E-state index in [1.165, 1.54) is 0 Å². The summed E-state index contributed by atoms with van der Waals surface area (Å²) in [5.41, 5.74) is 2.14. The first-order valence-corrected chi connectivity index (χ1v) is 6.80. The summed E-state index contributed by atoms with van der Waals surface area (Å²) >= 11 is 0. The highest BCUT2D eigenvalue weighted by Crippen LogP contribution is 2.20. The molecule has 2 aromatic rings. The number of carboxylic acids is 1. The Bertz CT molecular complexity index is 578. The molecule has 5 nitrogen and oxygen atoms in total. The van der Waals surface area contributed by atoms with Crippen molar-refractivity contribution in [3.05, 3.63) is 48.3 Å². The van der Waals surface area contributed by atoms with Gasteiger partial charge < -0.3 is 5.11 Å². The van der Waals surface area contributed by atoms with Crippen LogP contribution in [0.4, 0.5) is 0 Å². The minimum atomic E-state index is -0.712. The van der Waals surface area contributed by atoms with Crippen LogP contribution in [0, 0.1) is 0 Å². The summed E-state index contributed by atoms with van der Waals surface area (Å²) in [6, 6.07) is 9.64. The predicted octanol–water partition coefficient (Wildman–Crippen LogP) is 1.92. The van der Waals surface area contributed by atoms with E-state index in [9.17, 15) is 9.90 Å². The van der Waals surface area contributed by atoms with Crippen LogP contribution in [0.3, 0.4) is 0 Å². The van der Waals surface area contributed by atoms with Gasteiger partial charge in [-0.3, -0.25) is 9.69 Å². The normalized spacial score (nSPS) is 19.3. The third-order valence-corrected chi connectivity index (χ3v) is 3.74. The molecule has 2 heterocycles. The van der Waals surface area contributed by atoms with Crippen LogP contribution in [0.15, 0.2) is 42.7 Å². The highest BCUT2D eigenvalue weighted by molar-refractivity contribution is 5.73. The Morgan fingerprint density at radius 3 is 2.80 bits per heavy atom. The van der Waals surface area contributed by atoms with Crippen molar-refractivity contribution < 1.29 is 9.90 Å². The van der Waals surface area contributed by atoms with E-state index in [2.05, 4.69) is 5.10 Å². The number of carbonyl (C=O) groups is 1. The van der Waals surface area contributed by atoms with Crippen LogP contribution in [0.5, 0.6) is 0 Å². The second-order valence-electron chi connectivity index (χ2n) is 5.08. The molecule has 0 bridgehead atoms. The molecular weight excluding hydrogens is 254 g/mol. The van der Waals surface area contributed by atoms with Gasteiger partial charge in [-0.15, -0.1) is 0 Å². The Balaban J connectivity index is 1.71. The van der Waals surface area contributed by atoms with Crippen molar-refractivity contribution >= 4 is 5.97 Å². The number of aliphatic carboxylic acids is 1. The molecule has 1 fully saturated rings. The molecule has 1 saturated heterocycles. The Morgan fingerprint density at radius 2 is 2.15 bits per heavy atom. The molecule has 1 N–H and O–H groups in total. The molecule has 1 atom stereocenters. The van der Waals surface area contributed by atoms with E-state index in [1.54, 1.807) is 10.9 Å². The van der Waals surface area contributed by atoms with Gasteiger partial charge >= 0.3 is 5.97 Å². The van der Waals surface area contributed by atoms with Crippen molar-refractivity contribution in [1.29, 1.82) is 0 Å². The fraction of sp³-hybridized carbons (Fsp3) is 0.333. The van der Waals surface area contributed by atoms with E-state index < -0.39 is 5.97 Å². The summed E-state index contributed by atoms with van der Waals surface area (Å²) < 4.78 is 1.81. The smallest absolute Gasteiger partial charge is 0.320 e. The van der Waals surface area contributed by atoms with Gasteiger partial charge in [0.05, 0.1) is 5.69 Å². The lowest BCUT2D eigenvalue weighted by molar-refractivity contribution is -0.142. The van der Waals surface area contributed by atoms with Crippen LogP contribution in [-0.4, -0.2) is 38.3 Å². The van der Waals surface area contributed by atoms with Crippen molar-refractivity contribution in [1.82, 2.24) is 14.7 Å². The lowest BCUT2D eigenvalue weighted by atomic mass is 10.1. The summed E-state index contributed by atoms with van der Waals surface area (Å²) in [6.07, 6.45) is 5.36. The maximum Gasteiger partial charge on any atom is 0.320 e. The van der Waals surface area contributed by atoms with Crippen molar-refractivity contribution in [2.24, 2.45) is 0 Å². The molecule has 20 heavy (non-hydrogen) atoms. The van der Waals surface area contributed by atoms with Crippen LogP contribution < -0.4 is 0 Å². The first kappa shape index (κ1) is 12.9. The molecule has 0 aliphatic carbocycles. The minimum Gasteiger partial charge on any atom is -0.480 e. The molecule has 5 heteroatoms. The van der Waals surface area contributed by atoms with E-state index in [1.807, 2.05) is 41.4 Å². The second kappa shape index (κ2) is 5.46. The molecule has 1 aromatic carbocycles. The van der Waals surface area contributed by atoms with Crippen LogP contribution in [0.1, 0.15) is 18.4 Å². The molecule has 0 amide bonds. The Labute approximate surface area is 117 Å². The Kier molecular flexibility index (Phi) is 3.52. The highest BCUT2D eigenvalue weighted by atomic mass is 16.4. The molecular formula is C15H17N3O2. The van der Waals surface area contributed by atoms with Gasteiger partial charge in [-0.1, -0.05) is 12.1 Å². The summed E-state index contributed by atoms with van der Waals surface area (Å²) in [5, 5.41) is 13.4. The van der Waals surface area contributed by atoms with E-state index in [-0.39, 0.29) is 6.04 Å². The Morgan fingerprint density at radius 1 is 1.35 bits per heavy atom. The lowest BCUT2D eigenvalue weighted by Gasteiger charge is -2.21. The Hall–Kier alpha value is -2.14. The number of benzene rings is 1. The van der Waals surface area contributed by atoms with Crippen molar-refractivity contribution in [2.45, 2.75) is 25.4 Å². The van der Waals surface area contributed by atoms with Gasteiger partial charge in [0.2, 0.25) is 0 Å². The molecule has 0 saturated carbocycles. The zero-order valence-corrected chi connectivity index (χ0v) is 11.1. The molecule has 1 aliphatic heterocycles. The minimum absolute atomic E-state index is 0.333. The van der Waals surface area contributed by atoms with E-state index in [0.717, 1.165) is 30.6 Å². The SMILES string of the molecule is O=C(O)C1CCCN1Cc1ccc(-n2cccn2)cc1. The van der Waals surface area contributed by atoms with Gasteiger partial charge in [-0.2, -0.15) is 5.10 Å². The van der Waals surface area contributed by atoms with Crippen LogP contribution in [-0.2, 0) is 11.3 Å². The van der Waals surface area contributed by atoms with Crippen molar-refractivity contribution in [3.8, 4) is 5.69 Å². The average Bonchev–Trinajstić information content (AvgIpc) is 3.10. The third kappa shape index (κ3) is 2.58. The number of likely N-dealkylation sites (tertiary alicyclic amines) is 1. The predicted molar refractivity (Wildman–Crippen MR) is 74.6 cm³/mol. The molecule has 1 unspecified atom stereocenters. The average molecular weight is 271 g/mol. The number of nitrogens with zero attached hydrogens (tertiary/aromatic N) is 3. The van der Waals surface area contributed by atoms with E-state index >= 15 is 0 Å². The van der Waals surface area contributed by atoms with E-state index in [0.29, 0.717) is 6.54 Å². The zero-order valence-electron chi connectivity index (χ0n) is 11.1. The molecule has 0 spiro atoms. The summed E-state index contributed by atoms with van der Waals surface area (Å²) in [6.45, 7) is 1.55. The van der Waals surface area contributed by atoms with Gasteiger partial charge in [0.15, 0.2) is 0 Å². The highest BCUT2D eigenvalue weighted by Gasteiger charge is 2.30. The number of hydrogen-bond donors (Lipinski definition) is 1. The van der Waals surface area contributed by atoms with Crippen LogP contribution in [0.2, 0.25) is 0 Å². The summed E-state index contributed by atoms with van der Waals surface area (Å²) in [4.78, 5) is 13.2. The fourth-order valence-corrected chi connectivity index (χ4v) is 2.71. The van der Waals surface area contributed by atoms with Crippen molar-refractivity contribution in [2.75, 3.05) is 6.54 Å². The number of rotatable bonds is 4.